The highest BCUT2D eigenvalue weighted by atomic mass is 19.1. The minimum atomic E-state index is -0.262. The molecule has 0 saturated carbocycles. The number of nitrogen functional groups attached to an aromatic ring is 1. The Morgan fingerprint density at radius 1 is 1.19 bits per heavy atom. The maximum atomic E-state index is 13.3. The van der Waals surface area contributed by atoms with Crippen LogP contribution in [0.3, 0.4) is 0 Å². The van der Waals surface area contributed by atoms with Crippen LogP contribution in [0.5, 0.6) is 5.75 Å². The number of phenols is 1. The molecule has 0 aliphatic heterocycles. The average molecular weight is 284 g/mol. The Hall–Kier alpha value is -2.89. The summed E-state index contributed by atoms with van der Waals surface area (Å²) >= 11 is 0. The van der Waals surface area contributed by atoms with E-state index in [1.54, 1.807) is 25.1 Å². The number of fused-ring (bicyclic) bond motifs is 1. The second kappa shape index (κ2) is 4.90. The van der Waals surface area contributed by atoms with Gasteiger partial charge >= 0.3 is 0 Å². The van der Waals surface area contributed by atoms with E-state index in [4.69, 9.17) is 5.73 Å². The Labute approximate surface area is 120 Å². The van der Waals surface area contributed by atoms with Gasteiger partial charge < -0.3 is 16.2 Å². The molecule has 5 nitrogen and oxygen atoms in total. The Morgan fingerprint density at radius 2 is 2.00 bits per heavy atom. The predicted molar refractivity (Wildman–Crippen MR) is 80.0 cm³/mol. The van der Waals surface area contributed by atoms with Gasteiger partial charge in [0.2, 0.25) is 0 Å². The zero-order valence-electron chi connectivity index (χ0n) is 11.3. The van der Waals surface area contributed by atoms with Gasteiger partial charge in [-0.25, -0.2) is 14.4 Å². The quantitative estimate of drug-likeness (QED) is 0.497. The second-order valence-corrected chi connectivity index (χ2v) is 4.74. The first kappa shape index (κ1) is 13.1. The lowest BCUT2D eigenvalue weighted by Gasteiger charge is -2.10. The van der Waals surface area contributed by atoms with Crippen molar-refractivity contribution in [2.45, 2.75) is 6.92 Å². The molecule has 106 valence electrons. The van der Waals surface area contributed by atoms with Gasteiger partial charge in [0.1, 0.15) is 23.7 Å². The van der Waals surface area contributed by atoms with Crippen molar-refractivity contribution < 1.29 is 9.50 Å². The van der Waals surface area contributed by atoms with Gasteiger partial charge in [-0.2, -0.15) is 0 Å². The molecule has 0 spiro atoms. The molecule has 0 amide bonds. The number of hydrogen-bond donors (Lipinski definition) is 3. The molecule has 3 aromatic rings. The largest absolute Gasteiger partial charge is 0.506 e. The molecule has 2 aromatic carbocycles. The van der Waals surface area contributed by atoms with Crippen molar-refractivity contribution in [2.24, 2.45) is 0 Å². The minimum absolute atomic E-state index is 0.0234. The summed E-state index contributed by atoms with van der Waals surface area (Å²) in [7, 11) is 0. The fraction of sp³-hybridized carbons (Fsp3) is 0.0667. The number of benzene rings is 2. The van der Waals surface area contributed by atoms with Gasteiger partial charge in [0.15, 0.2) is 0 Å². The summed E-state index contributed by atoms with van der Waals surface area (Å²) in [5, 5.41) is 13.4. The molecular formula is C15H13FN4O. The number of halogens is 1. The van der Waals surface area contributed by atoms with E-state index in [0.29, 0.717) is 28.0 Å². The first-order valence-electron chi connectivity index (χ1n) is 6.31. The number of nitrogens with one attached hydrogen (secondary N) is 1. The SMILES string of the molecule is Cc1cc(Nc2ncnc3cc(O)c(N)cc23)ccc1F. The molecule has 1 aromatic heterocycles. The van der Waals surface area contributed by atoms with Gasteiger partial charge in [0.25, 0.3) is 0 Å². The van der Waals surface area contributed by atoms with Crippen molar-refractivity contribution in [3.8, 4) is 5.75 Å². The Morgan fingerprint density at radius 3 is 2.76 bits per heavy atom. The van der Waals surface area contributed by atoms with Gasteiger partial charge in [-0.3, -0.25) is 0 Å². The highest BCUT2D eigenvalue weighted by Crippen LogP contribution is 2.30. The van der Waals surface area contributed by atoms with Crippen molar-refractivity contribution >= 4 is 28.1 Å². The maximum absolute atomic E-state index is 13.3. The number of aryl methyl sites for hydroxylation is 1. The minimum Gasteiger partial charge on any atom is -0.506 e. The molecule has 4 N–H and O–H groups in total. The zero-order valence-corrected chi connectivity index (χ0v) is 11.3. The standard InChI is InChI=1S/C15H13FN4O/c1-8-4-9(2-3-11(8)16)20-15-10-5-12(17)14(21)6-13(10)18-7-19-15/h2-7,21H,17H2,1H3,(H,18,19,20). The van der Waals surface area contributed by atoms with Gasteiger partial charge in [0, 0.05) is 17.1 Å². The third-order valence-corrected chi connectivity index (χ3v) is 3.20. The van der Waals surface area contributed by atoms with Crippen LogP contribution in [-0.2, 0) is 0 Å². The highest BCUT2D eigenvalue weighted by Gasteiger charge is 2.08. The Balaban J connectivity index is 2.07. The molecule has 0 atom stereocenters. The summed E-state index contributed by atoms with van der Waals surface area (Å²) in [6, 6.07) is 7.78. The lowest BCUT2D eigenvalue weighted by molar-refractivity contribution is 0.478. The number of aromatic nitrogens is 2. The molecule has 0 fully saturated rings. The van der Waals surface area contributed by atoms with Crippen LogP contribution in [0.25, 0.3) is 10.9 Å². The van der Waals surface area contributed by atoms with Crippen molar-refractivity contribution in [1.82, 2.24) is 9.97 Å². The predicted octanol–water partition coefficient (Wildman–Crippen LogP) is 3.11. The second-order valence-electron chi connectivity index (χ2n) is 4.74. The summed E-state index contributed by atoms with van der Waals surface area (Å²) in [5.41, 5.74) is 7.77. The number of nitrogens with two attached hydrogens (primary N) is 1. The van der Waals surface area contributed by atoms with E-state index in [1.165, 1.54) is 18.5 Å². The third kappa shape index (κ3) is 2.43. The molecule has 0 unspecified atom stereocenters. The molecule has 0 bridgehead atoms. The van der Waals surface area contributed by atoms with Crippen LogP contribution in [0.2, 0.25) is 0 Å². The molecule has 1 heterocycles. The van der Waals surface area contributed by atoms with Crippen LogP contribution < -0.4 is 11.1 Å². The van der Waals surface area contributed by atoms with Crippen molar-refractivity contribution in [3.63, 3.8) is 0 Å². The molecule has 21 heavy (non-hydrogen) atoms. The Kier molecular flexibility index (Phi) is 3.06. The van der Waals surface area contributed by atoms with Crippen molar-refractivity contribution in [3.05, 3.63) is 48.0 Å². The van der Waals surface area contributed by atoms with E-state index in [9.17, 15) is 9.50 Å². The van der Waals surface area contributed by atoms with Gasteiger partial charge in [-0.05, 0) is 36.8 Å². The smallest absolute Gasteiger partial charge is 0.141 e. The number of hydrogen-bond acceptors (Lipinski definition) is 5. The van der Waals surface area contributed by atoms with Crippen LogP contribution >= 0.6 is 0 Å². The normalized spacial score (nSPS) is 10.8. The van der Waals surface area contributed by atoms with Gasteiger partial charge in [0.05, 0.1) is 11.2 Å². The van der Waals surface area contributed by atoms with Crippen LogP contribution in [-0.4, -0.2) is 15.1 Å². The van der Waals surface area contributed by atoms with Crippen LogP contribution in [0, 0.1) is 12.7 Å². The average Bonchev–Trinajstić information content (AvgIpc) is 2.45. The van der Waals surface area contributed by atoms with E-state index < -0.39 is 0 Å². The fourth-order valence-electron chi connectivity index (χ4n) is 2.07. The summed E-state index contributed by atoms with van der Waals surface area (Å²) in [6.07, 6.45) is 1.39. The number of phenolic OH excluding ortho intramolecular Hbond substituents is 1. The highest BCUT2D eigenvalue weighted by molar-refractivity contribution is 5.94. The lowest BCUT2D eigenvalue weighted by Crippen LogP contribution is -1.98. The van der Waals surface area contributed by atoms with E-state index in [0.717, 1.165) is 0 Å². The molecule has 0 aliphatic carbocycles. The van der Waals surface area contributed by atoms with Crippen LogP contribution in [0.4, 0.5) is 21.6 Å². The van der Waals surface area contributed by atoms with Crippen LogP contribution in [0.15, 0.2) is 36.7 Å². The van der Waals surface area contributed by atoms with E-state index >= 15 is 0 Å². The first-order chi connectivity index (χ1) is 10.0. The zero-order chi connectivity index (χ0) is 15.0. The monoisotopic (exact) mass is 284 g/mol. The third-order valence-electron chi connectivity index (χ3n) is 3.20. The Bertz CT molecular complexity index is 835. The first-order valence-corrected chi connectivity index (χ1v) is 6.31. The molecule has 0 saturated heterocycles. The van der Waals surface area contributed by atoms with E-state index in [1.807, 2.05) is 0 Å². The summed E-state index contributed by atoms with van der Waals surface area (Å²) in [5.74, 6) is 0.254. The van der Waals surface area contributed by atoms with Gasteiger partial charge in [-0.15, -0.1) is 0 Å². The molecule has 0 aliphatic rings. The van der Waals surface area contributed by atoms with E-state index in [2.05, 4.69) is 15.3 Å². The number of aromatic hydroxyl groups is 1. The lowest BCUT2D eigenvalue weighted by atomic mass is 10.1. The number of rotatable bonds is 2. The summed E-state index contributed by atoms with van der Waals surface area (Å²) in [6.45, 7) is 1.69. The summed E-state index contributed by atoms with van der Waals surface area (Å²) < 4.78 is 13.3. The van der Waals surface area contributed by atoms with Crippen LogP contribution in [0.1, 0.15) is 5.56 Å². The summed E-state index contributed by atoms with van der Waals surface area (Å²) in [4.78, 5) is 8.26. The molecule has 0 radical (unpaired) electrons. The number of nitrogens with zero attached hydrogens (tertiary/aromatic N) is 2. The fourth-order valence-corrected chi connectivity index (χ4v) is 2.07. The van der Waals surface area contributed by atoms with Crippen molar-refractivity contribution in [1.29, 1.82) is 0 Å². The van der Waals surface area contributed by atoms with Crippen molar-refractivity contribution in [2.75, 3.05) is 11.1 Å². The topological polar surface area (TPSA) is 84.1 Å². The molecule has 3 rings (SSSR count). The molecular weight excluding hydrogens is 271 g/mol. The van der Waals surface area contributed by atoms with E-state index in [-0.39, 0.29) is 17.3 Å². The van der Waals surface area contributed by atoms with Gasteiger partial charge in [-0.1, -0.05) is 0 Å². The number of anilines is 3. The maximum Gasteiger partial charge on any atom is 0.141 e. The molecule has 6 heteroatoms.